The second kappa shape index (κ2) is 6.70. The van der Waals surface area contributed by atoms with Crippen LogP contribution < -0.4 is 0 Å². The van der Waals surface area contributed by atoms with Gasteiger partial charge in [0.15, 0.2) is 0 Å². The summed E-state index contributed by atoms with van der Waals surface area (Å²) in [5, 5.41) is 9.29. The SMILES string of the molecule is C=C(C)C(=O)OC1CCCCC1CC(O)(C(F)(F)F)C(F)(F)F. The molecule has 23 heavy (non-hydrogen) atoms. The number of carbonyl (C=O) groups is 1. The first kappa shape index (κ1) is 19.8. The van der Waals surface area contributed by atoms with Crippen molar-refractivity contribution in [2.24, 2.45) is 5.92 Å². The monoisotopic (exact) mass is 348 g/mol. The van der Waals surface area contributed by atoms with Crippen LogP contribution in [0.25, 0.3) is 0 Å². The molecule has 0 amide bonds. The maximum Gasteiger partial charge on any atom is 0.426 e. The Kier molecular flexibility index (Phi) is 5.77. The summed E-state index contributed by atoms with van der Waals surface area (Å²) in [6.45, 7) is 4.64. The standard InChI is InChI=1S/C14H18F6O3/c1-8(2)11(21)23-10-6-4-3-5-9(10)7-12(22,13(15,16)17)14(18,19)20/h9-10,22H,1,3-7H2,2H3. The zero-order chi connectivity index (χ0) is 18.1. The van der Waals surface area contributed by atoms with Crippen LogP contribution in [0.4, 0.5) is 26.3 Å². The molecule has 0 radical (unpaired) electrons. The lowest BCUT2D eigenvalue weighted by atomic mass is 9.78. The first-order valence-electron chi connectivity index (χ1n) is 7.02. The summed E-state index contributed by atoms with van der Waals surface area (Å²) in [6.07, 6.45) is -13.4. The predicted octanol–water partition coefficient (Wildman–Crippen LogP) is 3.91. The molecule has 0 spiro atoms. The Morgan fingerprint density at radius 3 is 2.04 bits per heavy atom. The summed E-state index contributed by atoms with van der Waals surface area (Å²) in [7, 11) is 0. The Morgan fingerprint density at radius 1 is 1.13 bits per heavy atom. The number of ether oxygens (including phenoxy) is 1. The van der Waals surface area contributed by atoms with Crippen molar-refractivity contribution in [3.8, 4) is 0 Å². The Labute approximate surface area is 129 Å². The van der Waals surface area contributed by atoms with Crippen molar-refractivity contribution in [1.29, 1.82) is 0 Å². The molecule has 0 saturated heterocycles. The molecule has 1 fully saturated rings. The summed E-state index contributed by atoms with van der Waals surface area (Å²) in [5.41, 5.74) is -4.83. The number of aliphatic hydroxyl groups is 1. The van der Waals surface area contributed by atoms with Crippen LogP contribution in [0.3, 0.4) is 0 Å². The maximum absolute atomic E-state index is 12.8. The van der Waals surface area contributed by atoms with Crippen molar-refractivity contribution >= 4 is 5.97 Å². The van der Waals surface area contributed by atoms with Gasteiger partial charge in [0.05, 0.1) is 0 Å². The summed E-state index contributed by atoms with van der Waals surface area (Å²) < 4.78 is 81.6. The molecule has 134 valence electrons. The highest BCUT2D eigenvalue weighted by molar-refractivity contribution is 5.87. The fourth-order valence-corrected chi connectivity index (χ4v) is 2.57. The predicted molar refractivity (Wildman–Crippen MR) is 68.3 cm³/mol. The minimum atomic E-state index is -5.87. The molecular formula is C14H18F6O3. The second-order valence-corrected chi connectivity index (χ2v) is 5.83. The molecule has 2 atom stereocenters. The zero-order valence-electron chi connectivity index (χ0n) is 12.4. The van der Waals surface area contributed by atoms with Crippen LogP contribution in [-0.2, 0) is 9.53 Å². The third-order valence-corrected chi connectivity index (χ3v) is 3.94. The van der Waals surface area contributed by atoms with Gasteiger partial charge in [-0.3, -0.25) is 0 Å². The Balaban J connectivity index is 3.00. The normalized spacial score (nSPS) is 23.5. The maximum atomic E-state index is 12.8. The zero-order valence-corrected chi connectivity index (χ0v) is 12.4. The van der Waals surface area contributed by atoms with Crippen LogP contribution in [0, 0.1) is 5.92 Å². The third-order valence-electron chi connectivity index (χ3n) is 3.94. The average molecular weight is 348 g/mol. The van der Waals surface area contributed by atoms with Crippen LogP contribution in [0.15, 0.2) is 12.2 Å². The van der Waals surface area contributed by atoms with Crippen LogP contribution >= 0.6 is 0 Å². The minimum Gasteiger partial charge on any atom is -0.459 e. The molecule has 1 saturated carbocycles. The number of hydrogen-bond donors (Lipinski definition) is 1. The van der Waals surface area contributed by atoms with E-state index in [1.54, 1.807) is 0 Å². The number of esters is 1. The van der Waals surface area contributed by atoms with E-state index in [1.807, 2.05) is 0 Å². The smallest absolute Gasteiger partial charge is 0.426 e. The van der Waals surface area contributed by atoms with Crippen molar-refractivity contribution in [2.45, 2.75) is 63.1 Å². The summed E-state index contributed by atoms with van der Waals surface area (Å²) >= 11 is 0. The van der Waals surface area contributed by atoms with Gasteiger partial charge in [-0.25, -0.2) is 4.79 Å². The lowest BCUT2D eigenvalue weighted by Gasteiger charge is -2.39. The van der Waals surface area contributed by atoms with Gasteiger partial charge in [-0.2, -0.15) is 26.3 Å². The summed E-state index contributed by atoms with van der Waals surface area (Å²) in [6, 6.07) is 0. The van der Waals surface area contributed by atoms with Crippen molar-refractivity contribution < 1.29 is 41.0 Å². The topological polar surface area (TPSA) is 46.5 Å². The van der Waals surface area contributed by atoms with E-state index in [2.05, 4.69) is 6.58 Å². The Hall–Kier alpha value is -1.25. The molecule has 1 rings (SSSR count). The summed E-state index contributed by atoms with van der Waals surface area (Å²) in [5.74, 6) is -2.11. The van der Waals surface area contributed by atoms with E-state index in [0.29, 0.717) is 12.8 Å². The molecule has 2 unspecified atom stereocenters. The van der Waals surface area contributed by atoms with Crippen molar-refractivity contribution in [1.82, 2.24) is 0 Å². The fourth-order valence-electron chi connectivity index (χ4n) is 2.57. The molecule has 9 heteroatoms. The summed E-state index contributed by atoms with van der Waals surface area (Å²) in [4.78, 5) is 11.5. The largest absolute Gasteiger partial charge is 0.459 e. The average Bonchev–Trinajstić information content (AvgIpc) is 2.38. The Bertz CT molecular complexity index is 440. The van der Waals surface area contributed by atoms with Gasteiger partial charge in [0.25, 0.3) is 5.60 Å². The van der Waals surface area contributed by atoms with Crippen LogP contribution in [-0.4, -0.2) is 35.1 Å². The fraction of sp³-hybridized carbons (Fsp3) is 0.786. The second-order valence-electron chi connectivity index (χ2n) is 5.83. The third kappa shape index (κ3) is 4.39. The molecule has 0 heterocycles. The van der Waals surface area contributed by atoms with Gasteiger partial charge in [0.1, 0.15) is 6.10 Å². The van der Waals surface area contributed by atoms with Gasteiger partial charge >= 0.3 is 18.3 Å². The van der Waals surface area contributed by atoms with E-state index in [1.165, 1.54) is 6.92 Å². The van der Waals surface area contributed by atoms with Crippen LogP contribution in [0.5, 0.6) is 0 Å². The Morgan fingerprint density at radius 2 is 1.61 bits per heavy atom. The molecule has 0 aromatic heterocycles. The molecule has 1 aliphatic carbocycles. The van der Waals surface area contributed by atoms with Crippen molar-refractivity contribution in [2.75, 3.05) is 0 Å². The highest BCUT2D eigenvalue weighted by Gasteiger charge is 2.70. The van der Waals surface area contributed by atoms with Gasteiger partial charge in [-0.15, -0.1) is 0 Å². The molecule has 0 aliphatic heterocycles. The molecule has 0 aromatic rings. The molecule has 1 aliphatic rings. The van der Waals surface area contributed by atoms with Gasteiger partial charge in [0.2, 0.25) is 0 Å². The minimum absolute atomic E-state index is 0.00259. The quantitative estimate of drug-likeness (QED) is 0.476. The highest BCUT2D eigenvalue weighted by Crippen LogP contribution is 2.48. The number of alkyl halides is 6. The first-order chi connectivity index (χ1) is 10.3. The van der Waals surface area contributed by atoms with E-state index < -0.39 is 42.4 Å². The van der Waals surface area contributed by atoms with Crippen LogP contribution in [0.2, 0.25) is 0 Å². The van der Waals surface area contributed by atoms with Crippen molar-refractivity contribution in [3.63, 3.8) is 0 Å². The molecule has 3 nitrogen and oxygen atoms in total. The van der Waals surface area contributed by atoms with E-state index in [0.717, 1.165) is 0 Å². The molecular weight excluding hydrogens is 330 g/mol. The molecule has 0 aromatic carbocycles. The van der Waals surface area contributed by atoms with Crippen LogP contribution in [0.1, 0.15) is 39.0 Å². The molecule has 0 bridgehead atoms. The van der Waals surface area contributed by atoms with Gasteiger partial charge < -0.3 is 9.84 Å². The van der Waals surface area contributed by atoms with E-state index >= 15 is 0 Å². The van der Waals surface area contributed by atoms with Gasteiger partial charge in [-0.1, -0.05) is 13.0 Å². The lowest BCUT2D eigenvalue weighted by Crippen LogP contribution is -2.58. The van der Waals surface area contributed by atoms with E-state index in [9.17, 15) is 36.2 Å². The molecule has 1 N–H and O–H groups in total. The number of halogens is 6. The number of rotatable bonds is 4. The highest BCUT2D eigenvalue weighted by atomic mass is 19.4. The van der Waals surface area contributed by atoms with Gasteiger partial charge in [-0.05, 0) is 32.1 Å². The van der Waals surface area contributed by atoms with Gasteiger partial charge in [0, 0.05) is 12.0 Å². The lowest BCUT2D eigenvalue weighted by molar-refractivity contribution is -0.374. The number of carbonyl (C=O) groups excluding carboxylic acids is 1. The number of hydrogen-bond acceptors (Lipinski definition) is 3. The van der Waals surface area contributed by atoms with E-state index in [4.69, 9.17) is 4.74 Å². The first-order valence-corrected chi connectivity index (χ1v) is 7.02. The van der Waals surface area contributed by atoms with Crippen molar-refractivity contribution in [3.05, 3.63) is 12.2 Å². The van der Waals surface area contributed by atoms with E-state index in [-0.39, 0.29) is 18.4 Å².